The molecule has 0 aliphatic carbocycles. The van der Waals surface area contributed by atoms with Crippen LogP contribution in [0.15, 0.2) is 15.3 Å². The molecule has 0 saturated heterocycles. The minimum Gasteiger partial charge on any atom is -0.356 e. The summed E-state index contributed by atoms with van der Waals surface area (Å²) in [4.78, 5) is 0. The van der Waals surface area contributed by atoms with Crippen molar-refractivity contribution in [1.82, 2.24) is 10.7 Å². The second-order valence-corrected chi connectivity index (χ2v) is 2.92. The summed E-state index contributed by atoms with van der Waals surface area (Å²) in [5.41, 5.74) is 4.57. The van der Waals surface area contributed by atoms with Gasteiger partial charge < -0.3 is 5.32 Å². The fourth-order valence-electron chi connectivity index (χ4n) is 0.443. The number of hydrogen-bond donors (Lipinski definition) is 2. The van der Waals surface area contributed by atoms with Gasteiger partial charge in [-0.25, -0.2) is 5.43 Å². The van der Waals surface area contributed by atoms with E-state index in [1.807, 2.05) is 27.7 Å². The predicted octanol–water partition coefficient (Wildman–Crippen LogP) is 0.943. The van der Waals surface area contributed by atoms with Crippen LogP contribution in [0, 0.1) is 0 Å². The summed E-state index contributed by atoms with van der Waals surface area (Å²) in [6.07, 6.45) is 0. The number of hydrogen-bond acceptors (Lipinski definition) is 3. The SMILES string of the molecule is CN/C(=N\N=C(C)C)NN=C(C)C. The Hall–Kier alpha value is -1.39. The molecule has 0 aromatic heterocycles. The Morgan fingerprint density at radius 3 is 1.92 bits per heavy atom. The zero-order valence-electron chi connectivity index (χ0n) is 8.84. The van der Waals surface area contributed by atoms with Crippen LogP contribution in [0.4, 0.5) is 0 Å². The quantitative estimate of drug-likeness (QED) is 0.380. The van der Waals surface area contributed by atoms with Crippen LogP contribution in [-0.2, 0) is 0 Å². The lowest BCUT2D eigenvalue weighted by Gasteiger charge is -2.01. The number of hydrazone groups is 1. The fourth-order valence-corrected chi connectivity index (χ4v) is 0.443. The molecule has 0 saturated carbocycles. The number of nitrogens with one attached hydrogen (secondary N) is 2. The van der Waals surface area contributed by atoms with Crippen molar-refractivity contribution in [1.29, 1.82) is 0 Å². The Morgan fingerprint density at radius 2 is 1.54 bits per heavy atom. The molecule has 0 aromatic carbocycles. The van der Waals surface area contributed by atoms with Crippen LogP contribution in [0.3, 0.4) is 0 Å². The van der Waals surface area contributed by atoms with E-state index in [2.05, 4.69) is 26.0 Å². The number of rotatable bonds is 2. The first-order valence-electron chi connectivity index (χ1n) is 4.09. The smallest absolute Gasteiger partial charge is 0.236 e. The van der Waals surface area contributed by atoms with Gasteiger partial charge >= 0.3 is 0 Å². The molecule has 0 fully saturated rings. The van der Waals surface area contributed by atoms with E-state index in [4.69, 9.17) is 0 Å². The van der Waals surface area contributed by atoms with E-state index in [-0.39, 0.29) is 0 Å². The van der Waals surface area contributed by atoms with Crippen LogP contribution in [-0.4, -0.2) is 24.4 Å². The zero-order chi connectivity index (χ0) is 10.3. The highest BCUT2D eigenvalue weighted by Crippen LogP contribution is 1.78. The van der Waals surface area contributed by atoms with E-state index < -0.39 is 0 Å². The summed E-state index contributed by atoms with van der Waals surface area (Å²) >= 11 is 0. The Morgan fingerprint density at radius 1 is 0.923 bits per heavy atom. The lowest BCUT2D eigenvalue weighted by atomic mass is 10.5. The van der Waals surface area contributed by atoms with E-state index in [0.29, 0.717) is 5.96 Å². The molecular weight excluding hydrogens is 166 g/mol. The third kappa shape index (κ3) is 6.99. The van der Waals surface area contributed by atoms with Gasteiger partial charge in [0.05, 0.1) is 0 Å². The lowest BCUT2D eigenvalue weighted by Crippen LogP contribution is -2.31. The minimum atomic E-state index is 0.530. The molecule has 2 N–H and O–H groups in total. The predicted molar refractivity (Wildman–Crippen MR) is 57.2 cm³/mol. The lowest BCUT2D eigenvalue weighted by molar-refractivity contribution is 0.922. The van der Waals surface area contributed by atoms with Gasteiger partial charge in [0.15, 0.2) is 0 Å². The van der Waals surface area contributed by atoms with Crippen molar-refractivity contribution >= 4 is 17.4 Å². The number of guanidine groups is 1. The van der Waals surface area contributed by atoms with Gasteiger partial charge in [-0.3, -0.25) is 0 Å². The maximum absolute atomic E-state index is 3.98. The summed E-state index contributed by atoms with van der Waals surface area (Å²) in [7, 11) is 1.76. The highest BCUT2D eigenvalue weighted by Gasteiger charge is 1.90. The molecule has 0 heterocycles. The summed E-state index contributed by atoms with van der Waals surface area (Å²) in [5, 5.41) is 14.6. The van der Waals surface area contributed by atoms with Gasteiger partial charge in [0.2, 0.25) is 5.96 Å². The average Bonchev–Trinajstić information content (AvgIpc) is 2.04. The maximum Gasteiger partial charge on any atom is 0.236 e. The molecule has 5 nitrogen and oxygen atoms in total. The van der Waals surface area contributed by atoms with E-state index in [0.717, 1.165) is 11.4 Å². The third-order valence-corrected chi connectivity index (χ3v) is 0.972. The molecule has 0 aromatic rings. The topological polar surface area (TPSA) is 61.1 Å². The van der Waals surface area contributed by atoms with Crippen molar-refractivity contribution in [2.24, 2.45) is 15.3 Å². The van der Waals surface area contributed by atoms with Crippen LogP contribution >= 0.6 is 0 Å². The summed E-state index contributed by atoms with van der Waals surface area (Å²) in [6, 6.07) is 0. The standard InChI is InChI=1S/C8H17N5/c1-6(2)10-12-8(9-5)13-11-7(3)4/h1-5H3,(H2,9,12,13). The molecule has 0 bridgehead atoms. The Kier molecular flexibility index (Phi) is 5.50. The molecule has 0 atom stereocenters. The number of nitrogens with zero attached hydrogens (tertiary/aromatic N) is 3. The second-order valence-electron chi connectivity index (χ2n) is 2.92. The Bertz CT molecular complexity index is 231. The molecule has 0 spiro atoms. The Balaban J connectivity index is 4.26. The average molecular weight is 183 g/mol. The van der Waals surface area contributed by atoms with Gasteiger partial charge in [-0.1, -0.05) is 0 Å². The van der Waals surface area contributed by atoms with Gasteiger partial charge in [0.1, 0.15) is 0 Å². The second kappa shape index (κ2) is 6.16. The van der Waals surface area contributed by atoms with E-state index in [1.54, 1.807) is 7.05 Å². The summed E-state index contributed by atoms with van der Waals surface area (Å²) in [5.74, 6) is 0.530. The molecule has 74 valence electrons. The van der Waals surface area contributed by atoms with Gasteiger partial charge in [-0.2, -0.15) is 10.2 Å². The van der Waals surface area contributed by atoms with Crippen molar-refractivity contribution in [2.45, 2.75) is 27.7 Å². The van der Waals surface area contributed by atoms with E-state index in [1.165, 1.54) is 0 Å². The summed E-state index contributed by atoms with van der Waals surface area (Å²) in [6.45, 7) is 7.56. The van der Waals surface area contributed by atoms with Crippen LogP contribution in [0.5, 0.6) is 0 Å². The largest absolute Gasteiger partial charge is 0.356 e. The van der Waals surface area contributed by atoms with Crippen molar-refractivity contribution < 1.29 is 0 Å². The van der Waals surface area contributed by atoms with Crippen molar-refractivity contribution in [3.8, 4) is 0 Å². The first-order chi connectivity index (χ1) is 6.06. The van der Waals surface area contributed by atoms with Crippen molar-refractivity contribution in [2.75, 3.05) is 7.05 Å². The Labute approximate surface area is 79.0 Å². The van der Waals surface area contributed by atoms with Gasteiger partial charge in [0, 0.05) is 18.5 Å². The molecule has 13 heavy (non-hydrogen) atoms. The van der Waals surface area contributed by atoms with Gasteiger partial charge in [-0.15, -0.1) is 5.10 Å². The first kappa shape index (κ1) is 11.6. The zero-order valence-corrected chi connectivity index (χ0v) is 8.84. The van der Waals surface area contributed by atoms with Crippen LogP contribution in [0.1, 0.15) is 27.7 Å². The third-order valence-electron chi connectivity index (χ3n) is 0.972. The normalized spacial score (nSPS) is 10.4. The molecule has 0 unspecified atom stereocenters. The van der Waals surface area contributed by atoms with Gasteiger partial charge in [-0.05, 0) is 27.7 Å². The van der Waals surface area contributed by atoms with Crippen LogP contribution < -0.4 is 10.7 Å². The maximum atomic E-state index is 3.98. The molecule has 0 aliphatic heterocycles. The monoisotopic (exact) mass is 183 g/mol. The minimum absolute atomic E-state index is 0.530. The molecule has 0 rings (SSSR count). The van der Waals surface area contributed by atoms with Crippen molar-refractivity contribution in [3.63, 3.8) is 0 Å². The molecule has 5 heteroatoms. The highest BCUT2D eigenvalue weighted by molar-refractivity contribution is 5.85. The van der Waals surface area contributed by atoms with E-state index >= 15 is 0 Å². The highest BCUT2D eigenvalue weighted by atomic mass is 15.4. The van der Waals surface area contributed by atoms with Crippen LogP contribution in [0.25, 0.3) is 0 Å². The van der Waals surface area contributed by atoms with E-state index in [9.17, 15) is 0 Å². The molecule has 0 radical (unpaired) electrons. The first-order valence-corrected chi connectivity index (χ1v) is 4.09. The summed E-state index contributed by atoms with van der Waals surface area (Å²) < 4.78 is 0. The molecular formula is C8H17N5. The molecule has 0 amide bonds. The fraction of sp³-hybridized carbons (Fsp3) is 0.625. The van der Waals surface area contributed by atoms with Gasteiger partial charge in [0.25, 0.3) is 0 Å². The van der Waals surface area contributed by atoms with Crippen LogP contribution in [0.2, 0.25) is 0 Å². The van der Waals surface area contributed by atoms with Crippen molar-refractivity contribution in [3.05, 3.63) is 0 Å². The molecule has 0 aliphatic rings.